The molecule has 0 amide bonds. The summed E-state index contributed by atoms with van der Waals surface area (Å²) >= 11 is 0. The second-order valence-corrected chi connectivity index (χ2v) is 4.65. The van der Waals surface area contributed by atoms with Crippen LogP contribution in [0, 0.1) is 0 Å². The number of aromatic nitrogens is 2. The molecule has 18 heavy (non-hydrogen) atoms. The van der Waals surface area contributed by atoms with Crippen LogP contribution in [0.4, 0.5) is 0 Å². The maximum atomic E-state index is 5.65. The molecule has 2 rings (SSSR count). The molecule has 4 nitrogen and oxygen atoms in total. The Morgan fingerprint density at radius 1 is 1.28 bits per heavy atom. The summed E-state index contributed by atoms with van der Waals surface area (Å²) < 4.78 is 2.05. The van der Waals surface area contributed by atoms with E-state index in [1.807, 2.05) is 24.0 Å². The third-order valence-corrected chi connectivity index (χ3v) is 3.01. The molecule has 0 saturated carbocycles. The number of rotatable bonds is 5. The largest absolute Gasteiger partial charge is 0.337 e. The van der Waals surface area contributed by atoms with Crippen LogP contribution in [0.5, 0.6) is 0 Å². The molecule has 0 atom stereocenters. The van der Waals surface area contributed by atoms with E-state index in [1.165, 1.54) is 11.1 Å². The van der Waals surface area contributed by atoms with Gasteiger partial charge in [-0.05, 0) is 18.2 Å². The first-order chi connectivity index (χ1) is 8.69. The van der Waals surface area contributed by atoms with Gasteiger partial charge in [0.2, 0.25) is 0 Å². The number of nitrogens with zero attached hydrogens (tertiary/aromatic N) is 3. The summed E-state index contributed by atoms with van der Waals surface area (Å²) in [5, 5.41) is 0. The highest BCUT2D eigenvalue weighted by Crippen LogP contribution is 2.09. The number of aryl methyl sites for hydroxylation is 1. The molecule has 0 fully saturated rings. The minimum atomic E-state index is 0.594. The van der Waals surface area contributed by atoms with E-state index in [1.54, 1.807) is 0 Å². The molecule has 0 spiro atoms. The van der Waals surface area contributed by atoms with Gasteiger partial charge < -0.3 is 10.3 Å². The van der Waals surface area contributed by atoms with Crippen LogP contribution in [0.2, 0.25) is 0 Å². The van der Waals surface area contributed by atoms with Gasteiger partial charge in [-0.25, -0.2) is 4.98 Å². The number of hydrogen-bond donors (Lipinski definition) is 1. The molecule has 0 saturated heterocycles. The molecule has 2 aromatic rings. The fourth-order valence-corrected chi connectivity index (χ4v) is 2.01. The fraction of sp³-hybridized carbons (Fsp3) is 0.357. The SMILES string of the molecule is CN(Cc1cccc(CN)c1)Cc1nccn1C. The standard InChI is InChI=1S/C14H20N4/c1-17(11-14-16-6-7-18(14)2)10-13-5-3-4-12(8-13)9-15/h3-8H,9-11,15H2,1-2H3. The first kappa shape index (κ1) is 12.8. The van der Waals surface area contributed by atoms with Crippen molar-refractivity contribution in [2.75, 3.05) is 7.05 Å². The summed E-state index contributed by atoms with van der Waals surface area (Å²) in [5.74, 6) is 1.08. The van der Waals surface area contributed by atoms with Crippen LogP contribution >= 0.6 is 0 Å². The van der Waals surface area contributed by atoms with E-state index in [9.17, 15) is 0 Å². The van der Waals surface area contributed by atoms with Crippen LogP contribution in [0.3, 0.4) is 0 Å². The lowest BCUT2D eigenvalue weighted by atomic mass is 10.1. The molecule has 0 unspecified atom stereocenters. The zero-order valence-corrected chi connectivity index (χ0v) is 11.0. The molecule has 0 bridgehead atoms. The smallest absolute Gasteiger partial charge is 0.122 e. The van der Waals surface area contributed by atoms with E-state index in [-0.39, 0.29) is 0 Å². The van der Waals surface area contributed by atoms with Gasteiger partial charge in [-0.3, -0.25) is 4.90 Å². The summed E-state index contributed by atoms with van der Waals surface area (Å²) in [4.78, 5) is 6.58. The lowest BCUT2D eigenvalue weighted by Gasteiger charge is -2.16. The van der Waals surface area contributed by atoms with E-state index in [0.717, 1.165) is 18.9 Å². The molecular formula is C14H20N4. The topological polar surface area (TPSA) is 47.1 Å². The van der Waals surface area contributed by atoms with Crippen molar-refractivity contribution in [1.29, 1.82) is 0 Å². The number of imidazole rings is 1. The minimum Gasteiger partial charge on any atom is -0.337 e. The van der Waals surface area contributed by atoms with E-state index in [0.29, 0.717) is 6.54 Å². The summed E-state index contributed by atoms with van der Waals surface area (Å²) in [5.41, 5.74) is 8.12. The van der Waals surface area contributed by atoms with Gasteiger partial charge in [-0.15, -0.1) is 0 Å². The number of nitrogens with two attached hydrogens (primary N) is 1. The Morgan fingerprint density at radius 3 is 2.72 bits per heavy atom. The summed E-state index contributed by atoms with van der Waals surface area (Å²) in [6, 6.07) is 8.41. The van der Waals surface area contributed by atoms with Gasteiger partial charge in [0.25, 0.3) is 0 Å². The predicted molar refractivity (Wildman–Crippen MR) is 72.7 cm³/mol. The van der Waals surface area contributed by atoms with Gasteiger partial charge in [0.15, 0.2) is 0 Å². The van der Waals surface area contributed by atoms with E-state index >= 15 is 0 Å². The van der Waals surface area contributed by atoms with Crippen molar-refractivity contribution in [3.05, 3.63) is 53.6 Å². The molecule has 0 aliphatic rings. The first-order valence-electron chi connectivity index (χ1n) is 6.11. The molecule has 1 heterocycles. The molecule has 1 aromatic heterocycles. The Labute approximate surface area is 108 Å². The molecular weight excluding hydrogens is 224 g/mol. The molecule has 0 radical (unpaired) electrons. The third-order valence-electron chi connectivity index (χ3n) is 3.01. The van der Waals surface area contributed by atoms with Crippen molar-refractivity contribution in [2.24, 2.45) is 12.8 Å². The maximum absolute atomic E-state index is 5.65. The zero-order valence-electron chi connectivity index (χ0n) is 11.0. The van der Waals surface area contributed by atoms with Gasteiger partial charge in [-0.2, -0.15) is 0 Å². The van der Waals surface area contributed by atoms with Crippen molar-refractivity contribution in [2.45, 2.75) is 19.6 Å². The van der Waals surface area contributed by atoms with Gasteiger partial charge in [0, 0.05) is 32.5 Å². The average molecular weight is 244 g/mol. The van der Waals surface area contributed by atoms with Crippen molar-refractivity contribution in [3.63, 3.8) is 0 Å². The third kappa shape index (κ3) is 3.18. The molecule has 96 valence electrons. The van der Waals surface area contributed by atoms with Gasteiger partial charge in [0.1, 0.15) is 5.82 Å². The van der Waals surface area contributed by atoms with Crippen molar-refractivity contribution < 1.29 is 0 Å². The lowest BCUT2D eigenvalue weighted by molar-refractivity contribution is 0.307. The zero-order chi connectivity index (χ0) is 13.0. The van der Waals surface area contributed by atoms with Crippen molar-refractivity contribution in [1.82, 2.24) is 14.5 Å². The van der Waals surface area contributed by atoms with Crippen LogP contribution in [0.1, 0.15) is 17.0 Å². The monoisotopic (exact) mass is 244 g/mol. The Balaban J connectivity index is 1.98. The van der Waals surface area contributed by atoms with Crippen LogP contribution < -0.4 is 5.73 Å². The fourth-order valence-electron chi connectivity index (χ4n) is 2.01. The Hall–Kier alpha value is -1.65. The highest BCUT2D eigenvalue weighted by molar-refractivity contribution is 5.23. The summed E-state index contributed by atoms with van der Waals surface area (Å²) in [6.07, 6.45) is 3.80. The highest BCUT2D eigenvalue weighted by Gasteiger charge is 2.05. The molecule has 1 aromatic carbocycles. The summed E-state index contributed by atoms with van der Waals surface area (Å²) in [6.45, 7) is 2.34. The maximum Gasteiger partial charge on any atom is 0.122 e. The number of benzene rings is 1. The van der Waals surface area contributed by atoms with Crippen LogP contribution in [-0.2, 0) is 26.7 Å². The second-order valence-electron chi connectivity index (χ2n) is 4.65. The predicted octanol–water partition coefficient (Wildman–Crippen LogP) is 1.51. The normalized spacial score (nSPS) is 11.1. The highest BCUT2D eigenvalue weighted by atomic mass is 15.1. The number of hydrogen-bond acceptors (Lipinski definition) is 3. The summed E-state index contributed by atoms with van der Waals surface area (Å²) in [7, 11) is 4.12. The molecule has 4 heteroatoms. The Morgan fingerprint density at radius 2 is 2.06 bits per heavy atom. The van der Waals surface area contributed by atoms with E-state index in [2.05, 4.69) is 41.2 Å². The molecule has 2 N–H and O–H groups in total. The first-order valence-corrected chi connectivity index (χ1v) is 6.11. The lowest BCUT2D eigenvalue weighted by Crippen LogP contribution is -2.19. The average Bonchev–Trinajstić information content (AvgIpc) is 2.75. The quantitative estimate of drug-likeness (QED) is 0.867. The van der Waals surface area contributed by atoms with Crippen LogP contribution in [-0.4, -0.2) is 21.5 Å². The second kappa shape index (κ2) is 5.80. The van der Waals surface area contributed by atoms with Crippen molar-refractivity contribution in [3.8, 4) is 0 Å². The Bertz CT molecular complexity index is 504. The molecule has 0 aliphatic carbocycles. The molecule has 0 aliphatic heterocycles. The van der Waals surface area contributed by atoms with Gasteiger partial charge >= 0.3 is 0 Å². The van der Waals surface area contributed by atoms with Gasteiger partial charge in [0.05, 0.1) is 6.54 Å². The van der Waals surface area contributed by atoms with E-state index < -0.39 is 0 Å². The van der Waals surface area contributed by atoms with Crippen molar-refractivity contribution >= 4 is 0 Å². The van der Waals surface area contributed by atoms with Gasteiger partial charge in [-0.1, -0.05) is 24.3 Å². The minimum absolute atomic E-state index is 0.594. The van der Waals surface area contributed by atoms with E-state index in [4.69, 9.17) is 5.73 Å². The Kier molecular flexibility index (Phi) is 4.12. The van der Waals surface area contributed by atoms with Crippen LogP contribution in [0.25, 0.3) is 0 Å². The van der Waals surface area contributed by atoms with Crippen LogP contribution in [0.15, 0.2) is 36.7 Å².